The van der Waals surface area contributed by atoms with Crippen LogP contribution < -0.4 is 5.73 Å². The van der Waals surface area contributed by atoms with Crippen LogP contribution in [0.2, 0.25) is 0 Å². The van der Waals surface area contributed by atoms with Crippen LogP contribution in [0.3, 0.4) is 0 Å². The van der Waals surface area contributed by atoms with Crippen molar-refractivity contribution in [1.82, 2.24) is 4.90 Å². The second kappa shape index (κ2) is 4.38. The van der Waals surface area contributed by atoms with Gasteiger partial charge in [0.15, 0.2) is 0 Å². The van der Waals surface area contributed by atoms with Gasteiger partial charge in [0.05, 0.1) is 0 Å². The van der Waals surface area contributed by atoms with Crippen molar-refractivity contribution >= 4 is 30.1 Å². The first-order chi connectivity index (χ1) is 8.07. The van der Waals surface area contributed by atoms with Gasteiger partial charge in [0, 0.05) is 11.3 Å². The number of aliphatic carboxylic acids is 1. The lowest BCUT2D eigenvalue weighted by molar-refractivity contribution is -0.148. The zero-order chi connectivity index (χ0) is 12.6. The minimum Gasteiger partial charge on any atom is -0.477 e. The van der Waals surface area contributed by atoms with Gasteiger partial charge in [-0.25, -0.2) is 4.79 Å². The van der Waals surface area contributed by atoms with Gasteiger partial charge in [0.25, 0.3) is 6.47 Å². The number of hydrogen-bond acceptors (Lipinski definition) is 6. The molecule has 92 valence electrons. The molecule has 0 aromatic heterocycles. The van der Waals surface area contributed by atoms with Gasteiger partial charge in [-0.2, -0.15) is 0 Å². The number of rotatable bonds is 4. The van der Waals surface area contributed by atoms with Crippen LogP contribution in [0.4, 0.5) is 0 Å². The van der Waals surface area contributed by atoms with Crippen LogP contribution in [-0.4, -0.2) is 52.1 Å². The summed E-state index contributed by atoms with van der Waals surface area (Å²) in [6.45, 7) is 0.122. The van der Waals surface area contributed by atoms with E-state index in [9.17, 15) is 14.4 Å². The number of ether oxygens (including phenoxy) is 1. The Morgan fingerprint density at radius 3 is 3.00 bits per heavy atom. The van der Waals surface area contributed by atoms with Crippen LogP contribution in [0.25, 0.3) is 0 Å². The molecular weight excluding hydrogens is 248 g/mol. The highest BCUT2D eigenvalue weighted by Gasteiger charge is 2.51. The number of β-lactam (4-membered cyclic amide) rings is 1. The van der Waals surface area contributed by atoms with Gasteiger partial charge in [-0.15, -0.1) is 11.8 Å². The number of nitrogens with two attached hydrogens (primary N) is 1. The molecule has 0 aromatic carbocycles. The summed E-state index contributed by atoms with van der Waals surface area (Å²) in [5, 5.41) is 8.76. The fourth-order valence-corrected chi connectivity index (χ4v) is 3.10. The fraction of sp³-hybridized carbons (Fsp3) is 0.444. The highest BCUT2D eigenvalue weighted by Crippen LogP contribution is 2.39. The molecule has 1 saturated heterocycles. The van der Waals surface area contributed by atoms with E-state index in [0.717, 1.165) is 4.90 Å². The maximum Gasteiger partial charge on any atom is 0.352 e. The molecule has 0 aromatic rings. The van der Waals surface area contributed by atoms with E-state index >= 15 is 0 Å². The summed E-state index contributed by atoms with van der Waals surface area (Å²) >= 11 is 1.37. The van der Waals surface area contributed by atoms with Gasteiger partial charge in [-0.05, 0) is 0 Å². The van der Waals surface area contributed by atoms with Crippen LogP contribution in [-0.2, 0) is 19.1 Å². The Morgan fingerprint density at radius 2 is 2.41 bits per heavy atom. The number of thioether (sulfide) groups is 1. The Kier molecular flexibility index (Phi) is 3.07. The zero-order valence-electron chi connectivity index (χ0n) is 8.66. The van der Waals surface area contributed by atoms with Gasteiger partial charge in [-0.1, -0.05) is 0 Å². The third kappa shape index (κ3) is 1.79. The first-order valence-electron chi connectivity index (χ1n) is 4.78. The third-order valence-electron chi connectivity index (χ3n) is 2.62. The average molecular weight is 258 g/mol. The highest BCUT2D eigenvalue weighted by molar-refractivity contribution is 8.00. The molecule has 2 aliphatic rings. The molecule has 0 spiro atoms. The lowest BCUT2D eigenvalue weighted by Gasteiger charge is -2.47. The van der Waals surface area contributed by atoms with Crippen molar-refractivity contribution in [1.29, 1.82) is 0 Å². The number of hydrogen-bond donors (Lipinski definition) is 2. The predicted octanol–water partition coefficient (Wildman–Crippen LogP) is -1.26. The molecule has 2 aliphatic heterocycles. The quantitative estimate of drug-likeness (QED) is 0.478. The number of fused-ring (bicyclic) bond motifs is 1. The largest absolute Gasteiger partial charge is 0.477 e. The lowest BCUT2D eigenvalue weighted by atomic mass is 10.0. The molecule has 3 N–H and O–H groups in total. The number of carboxylic acid groups (broad SMARTS) is 1. The topological polar surface area (TPSA) is 110 Å². The van der Waals surface area contributed by atoms with E-state index in [-0.39, 0.29) is 24.2 Å². The fourth-order valence-electron chi connectivity index (χ4n) is 1.83. The smallest absolute Gasteiger partial charge is 0.352 e. The number of amides is 1. The summed E-state index contributed by atoms with van der Waals surface area (Å²) in [6.07, 6.45) is 0. The third-order valence-corrected chi connectivity index (χ3v) is 3.98. The van der Waals surface area contributed by atoms with E-state index < -0.39 is 17.9 Å². The van der Waals surface area contributed by atoms with Crippen LogP contribution in [0, 0.1) is 0 Å². The van der Waals surface area contributed by atoms with Crippen LogP contribution >= 0.6 is 11.8 Å². The molecule has 17 heavy (non-hydrogen) atoms. The summed E-state index contributed by atoms with van der Waals surface area (Å²) in [5.74, 6) is -1.24. The maximum absolute atomic E-state index is 11.5. The van der Waals surface area contributed by atoms with Crippen molar-refractivity contribution < 1.29 is 24.2 Å². The molecule has 7 nitrogen and oxygen atoms in total. The molecular formula is C9H10N2O5S. The monoisotopic (exact) mass is 258 g/mol. The molecule has 2 unspecified atom stereocenters. The average Bonchev–Trinajstić information content (AvgIpc) is 2.33. The lowest BCUT2D eigenvalue weighted by Crippen LogP contribution is -2.68. The van der Waals surface area contributed by atoms with E-state index in [1.165, 1.54) is 11.8 Å². The molecule has 2 atom stereocenters. The number of carboxylic acids is 1. The van der Waals surface area contributed by atoms with Crippen LogP contribution in [0.15, 0.2) is 11.3 Å². The van der Waals surface area contributed by atoms with E-state index in [0.29, 0.717) is 11.3 Å². The Labute approximate surface area is 101 Å². The van der Waals surface area contributed by atoms with Gasteiger partial charge in [-0.3, -0.25) is 14.5 Å². The summed E-state index contributed by atoms with van der Waals surface area (Å²) in [5.41, 5.74) is 5.87. The van der Waals surface area contributed by atoms with Gasteiger partial charge in [0.1, 0.15) is 23.7 Å². The van der Waals surface area contributed by atoms with Crippen molar-refractivity contribution in [2.45, 2.75) is 11.4 Å². The Bertz CT molecular complexity index is 422. The minimum absolute atomic E-state index is 0.109. The maximum atomic E-state index is 11.5. The predicted molar refractivity (Wildman–Crippen MR) is 57.7 cm³/mol. The first-order valence-corrected chi connectivity index (χ1v) is 5.83. The molecule has 2 rings (SSSR count). The number of nitrogens with zero attached hydrogens (tertiary/aromatic N) is 1. The number of carbonyl (C=O) groups is 3. The molecule has 0 aliphatic carbocycles. The summed E-state index contributed by atoms with van der Waals surface area (Å²) in [4.78, 5) is 33.9. The van der Waals surface area contributed by atoms with Crippen LogP contribution in [0.5, 0.6) is 0 Å². The standard InChI is InChI=1S/C9H10N2O5S/c10-5-7(13)11-6(9(14)15)4(1-16-3-12)2-17-8(5)11/h3,5,8H,1-2,10H2,(H,14,15). The van der Waals surface area contributed by atoms with E-state index in [2.05, 4.69) is 4.74 Å². The van der Waals surface area contributed by atoms with Crippen molar-refractivity contribution in [2.24, 2.45) is 5.73 Å². The van der Waals surface area contributed by atoms with Crippen molar-refractivity contribution in [2.75, 3.05) is 12.4 Å². The SMILES string of the molecule is NC1C(=O)N2C(C(=O)O)=C(COC=O)CSC12. The summed E-state index contributed by atoms with van der Waals surface area (Å²) < 4.78 is 4.54. The van der Waals surface area contributed by atoms with Crippen molar-refractivity contribution in [3.63, 3.8) is 0 Å². The molecule has 0 radical (unpaired) electrons. The van der Waals surface area contributed by atoms with Crippen molar-refractivity contribution in [3.05, 3.63) is 11.3 Å². The summed E-state index contributed by atoms with van der Waals surface area (Å²) in [6, 6.07) is -0.650. The molecule has 8 heteroatoms. The first kappa shape index (κ1) is 11.9. The highest BCUT2D eigenvalue weighted by atomic mass is 32.2. The molecule has 1 fully saturated rings. The second-order valence-electron chi connectivity index (χ2n) is 3.60. The number of carbonyl (C=O) groups excluding carboxylic acids is 2. The Morgan fingerprint density at radius 1 is 1.71 bits per heavy atom. The minimum atomic E-state index is -1.21. The van der Waals surface area contributed by atoms with Gasteiger partial charge < -0.3 is 15.6 Å². The Hall–Kier alpha value is -1.54. The van der Waals surface area contributed by atoms with Crippen molar-refractivity contribution in [3.8, 4) is 0 Å². The molecule has 1 amide bonds. The molecule has 2 heterocycles. The van der Waals surface area contributed by atoms with Gasteiger partial charge >= 0.3 is 5.97 Å². The van der Waals surface area contributed by atoms with E-state index in [1.807, 2.05) is 0 Å². The van der Waals surface area contributed by atoms with E-state index in [4.69, 9.17) is 10.8 Å². The summed E-state index contributed by atoms with van der Waals surface area (Å²) in [7, 11) is 0. The zero-order valence-corrected chi connectivity index (χ0v) is 9.48. The van der Waals surface area contributed by atoms with Crippen LogP contribution in [0.1, 0.15) is 0 Å². The molecule has 0 saturated carbocycles. The normalized spacial score (nSPS) is 27.4. The van der Waals surface area contributed by atoms with E-state index in [1.54, 1.807) is 0 Å². The second-order valence-corrected chi connectivity index (χ2v) is 4.71. The Balaban J connectivity index is 2.29. The molecule has 0 bridgehead atoms. The van der Waals surface area contributed by atoms with Gasteiger partial charge in [0.2, 0.25) is 5.91 Å².